The molecule has 22 heavy (non-hydrogen) atoms. The van der Waals surface area contributed by atoms with E-state index in [2.05, 4.69) is 10.5 Å². The van der Waals surface area contributed by atoms with Crippen molar-refractivity contribution in [3.8, 4) is 11.3 Å². The van der Waals surface area contributed by atoms with Crippen LogP contribution in [0.1, 0.15) is 16.1 Å². The van der Waals surface area contributed by atoms with Crippen LogP contribution in [0.4, 0.5) is 0 Å². The number of carbonyl (C=O) groups is 2. The van der Waals surface area contributed by atoms with E-state index in [0.29, 0.717) is 15.6 Å². The fourth-order valence-corrected chi connectivity index (χ4v) is 2.41. The second-order valence-corrected chi connectivity index (χ2v) is 5.12. The Hall–Kier alpha value is -2.09. The summed E-state index contributed by atoms with van der Waals surface area (Å²) in [7, 11) is 0. The summed E-state index contributed by atoms with van der Waals surface area (Å²) >= 11 is 12.2. The first kappa shape index (κ1) is 16.3. The summed E-state index contributed by atoms with van der Waals surface area (Å²) in [6.45, 7) is 1.29. The van der Waals surface area contributed by atoms with Crippen molar-refractivity contribution >= 4 is 35.0 Å². The molecular weight excluding hydrogens is 331 g/mol. The lowest BCUT2D eigenvalue weighted by atomic mass is 10.1. The number of rotatable bonds is 4. The van der Waals surface area contributed by atoms with Crippen LogP contribution in [-0.2, 0) is 4.79 Å². The van der Waals surface area contributed by atoms with Gasteiger partial charge in [-0.15, -0.1) is 0 Å². The van der Waals surface area contributed by atoms with Gasteiger partial charge in [-0.3, -0.25) is 15.0 Å². The molecule has 0 fully saturated rings. The minimum atomic E-state index is -0.548. The van der Waals surface area contributed by atoms with Gasteiger partial charge in [0.05, 0.1) is 16.6 Å². The minimum Gasteiger partial charge on any atom is -0.360 e. The highest BCUT2D eigenvalue weighted by Gasteiger charge is 2.24. The number of nitrogens with two attached hydrogens (primary N) is 1. The fraction of sp³-hybridized carbons (Fsp3) is 0.154. The summed E-state index contributed by atoms with van der Waals surface area (Å²) in [5.41, 5.74) is 2.65. The summed E-state index contributed by atoms with van der Waals surface area (Å²) in [5, 5.41) is 6.91. The largest absolute Gasteiger partial charge is 0.360 e. The molecule has 2 amide bonds. The Morgan fingerprint density at radius 3 is 2.55 bits per heavy atom. The quantitative estimate of drug-likeness (QED) is 0.444. The average molecular weight is 343 g/mol. The van der Waals surface area contributed by atoms with Crippen molar-refractivity contribution in [2.75, 3.05) is 6.54 Å². The molecular formula is C13H12Cl2N4O3. The van der Waals surface area contributed by atoms with E-state index in [9.17, 15) is 9.59 Å². The summed E-state index contributed by atoms with van der Waals surface area (Å²) in [6.07, 6.45) is 0. The lowest BCUT2D eigenvalue weighted by Crippen LogP contribution is -2.40. The predicted octanol–water partition coefficient (Wildman–Crippen LogP) is 1.68. The Morgan fingerprint density at radius 1 is 1.32 bits per heavy atom. The minimum absolute atomic E-state index is 0.153. The van der Waals surface area contributed by atoms with E-state index in [1.165, 1.54) is 0 Å². The monoisotopic (exact) mass is 342 g/mol. The predicted molar refractivity (Wildman–Crippen MR) is 81.4 cm³/mol. The molecule has 0 aliphatic carbocycles. The van der Waals surface area contributed by atoms with E-state index in [1.807, 2.05) is 5.43 Å². The first-order valence-electron chi connectivity index (χ1n) is 6.14. The van der Waals surface area contributed by atoms with Crippen molar-refractivity contribution in [2.45, 2.75) is 6.92 Å². The summed E-state index contributed by atoms with van der Waals surface area (Å²) in [4.78, 5) is 23.3. The second-order valence-electron chi connectivity index (χ2n) is 4.31. The Bertz CT molecular complexity index is 710. The van der Waals surface area contributed by atoms with Crippen molar-refractivity contribution in [1.82, 2.24) is 15.9 Å². The molecule has 0 saturated carbocycles. The molecule has 2 rings (SSSR count). The summed E-state index contributed by atoms with van der Waals surface area (Å²) in [5.74, 6) is 4.14. The molecule has 0 radical (unpaired) electrons. The number of hydrogen-bond acceptors (Lipinski definition) is 5. The van der Waals surface area contributed by atoms with Crippen molar-refractivity contribution < 1.29 is 14.1 Å². The van der Waals surface area contributed by atoms with E-state index in [4.69, 9.17) is 33.6 Å². The molecule has 116 valence electrons. The molecule has 0 unspecified atom stereocenters. The van der Waals surface area contributed by atoms with Gasteiger partial charge >= 0.3 is 0 Å². The molecule has 0 spiro atoms. The van der Waals surface area contributed by atoms with Gasteiger partial charge in [-0.25, -0.2) is 5.84 Å². The zero-order chi connectivity index (χ0) is 16.3. The molecule has 9 heteroatoms. The topological polar surface area (TPSA) is 110 Å². The second kappa shape index (κ2) is 6.78. The highest BCUT2D eigenvalue weighted by atomic mass is 35.5. The third kappa shape index (κ3) is 3.22. The van der Waals surface area contributed by atoms with E-state index in [1.54, 1.807) is 25.1 Å². The number of halogens is 2. The van der Waals surface area contributed by atoms with Crippen LogP contribution < -0.4 is 16.6 Å². The van der Waals surface area contributed by atoms with Gasteiger partial charge in [0.1, 0.15) is 17.0 Å². The van der Waals surface area contributed by atoms with E-state index in [-0.39, 0.29) is 23.6 Å². The number of amides is 2. The molecule has 2 aromatic rings. The van der Waals surface area contributed by atoms with Crippen LogP contribution in [0.15, 0.2) is 22.7 Å². The molecule has 0 aliphatic heterocycles. The number of nitrogens with one attached hydrogen (secondary N) is 2. The lowest BCUT2D eigenvalue weighted by molar-refractivity contribution is -0.120. The van der Waals surface area contributed by atoms with Gasteiger partial charge in [0, 0.05) is 5.56 Å². The van der Waals surface area contributed by atoms with Crippen molar-refractivity contribution in [3.05, 3.63) is 39.6 Å². The summed E-state index contributed by atoms with van der Waals surface area (Å²) < 4.78 is 5.06. The molecule has 0 atom stereocenters. The molecule has 1 aromatic heterocycles. The molecule has 1 heterocycles. The van der Waals surface area contributed by atoms with Crippen molar-refractivity contribution in [3.63, 3.8) is 0 Å². The molecule has 0 bridgehead atoms. The smallest absolute Gasteiger partial charge is 0.257 e. The van der Waals surface area contributed by atoms with Crippen LogP contribution >= 0.6 is 23.2 Å². The Morgan fingerprint density at radius 2 is 1.95 bits per heavy atom. The van der Waals surface area contributed by atoms with E-state index < -0.39 is 11.8 Å². The van der Waals surface area contributed by atoms with Crippen LogP contribution in [0.25, 0.3) is 11.3 Å². The van der Waals surface area contributed by atoms with Crippen LogP contribution in [0.2, 0.25) is 10.0 Å². The Labute approximate surface area is 135 Å². The number of benzene rings is 1. The number of nitrogens with zero attached hydrogens (tertiary/aromatic N) is 1. The summed E-state index contributed by atoms with van der Waals surface area (Å²) in [6, 6.07) is 4.92. The molecule has 0 saturated heterocycles. The third-order valence-electron chi connectivity index (χ3n) is 2.86. The first-order chi connectivity index (χ1) is 10.5. The van der Waals surface area contributed by atoms with Crippen LogP contribution in [0.3, 0.4) is 0 Å². The third-order valence-corrected chi connectivity index (χ3v) is 3.49. The van der Waals surface area contributed by atoms with Gasteiger partial charge in [0.2, 0.25) is 0 Å². The maximum Gasteiger partial charge on any atom is 0.257 e. The van der Waals surface area contributed by atoms with Crippen LogP contribution in [0, 0.1) is 6.92 Å². The number of hydrogen-bond donors (Lipinski definition) is 3. The normalized spacial score (nSPS) is 10.4. The van der Waals surface area contributed by atoms with Crippen molar-refractivity contribution in [2.24, 2.45) is 5.84 Å². The standard InChI is InChI=1S/C13H12Cl2N4O3/c1-6-10(13(21)17-5-9(20)18-16)12(19-22-6)11-7(14)3-2-4-8(11)15/h2-4H,5,16H2,1H3,(H,17,21)(H,18,20). The van der Waals surface area contributed by atoms with Crippen molar-refractivity contribution in [1.29, 1.82) is 0 Å². The first-order valence-corrected chi connectivity index (χ1v) is 6.89. The molecule has 0 aliphatic rings. The van der Waals surface area contributed by atoms with Gasteiger partial charge in [0.25, 0.3) is 11.8 Å². The lowest BCUT2D eigenvalue weighted by Gasteiger charge is -2.07. The van der Waals surface area contributed by atoms with Gasteiger partial charge in [0.15, 0.2) is 0 Å². The molecule has 7 nitrogen and oxygen atoms in total. The SMILES string of the molecule is Cc1onc(-c2c(Cl)cccc2Cl)c1C(=O)NCC(=O)NN. The molecule has 1 aromatic carbocycles. The number of carbonyl (C=O) groups excluding carboxylic acids is 2. The maximum absolute atomic E-state index is 12.2. The Kier molecular flexibility index (Phi) is 5.02. The number of aromatic nitrogens is 1. The number of aryl methyl sites for hydroxylation is 1. The van der Waals surface area contributed by atoms with E-state index >= 15 is 0 Å². The van der Waals surface area contributed by atoms with Crippen LogP contribution in [0.5, 0.6) is 0 Å². The van der Waals surface area contributed by atoms with Gasteiger partial charge < -0.3 is 9.84 Å². The van der Waals surface area contributed by atoms with E-state index in [0.717, 1.165) is 0 Å². The number of hydrazine groups is 1. The van der Waals surface area contributed by atoms with Gasteiger partial charge in [-0.05, 0) is 19.1 Å². The zero-order valence-electron chi connectivity index (χ0n) is 11.4. The maximum atomic E-state index is 12.2. The zero-order valence-corrected chi connectivity index (χ0v) is 13.0. The fourth-order valence-electron chi connectivity index (χ4n) is 1.83. The highest BCUT2D eigenvalue weighted by molar-refractivity contribution is 6.39. The molecule has 4 N–H and O–H groups in total. The Balaban J connectivity index is 2.40. The average Bonchev–Trinajstić information content (AvgIpc) is 2.86. The van der Waals surface area contributed by atoms with Crippen LogP contribution in [-0.4, -0.2) is 23.5 Å². The van der Waals surface area contributed by atoms with Gasteiger partial charge in [-0.2, -0.15) is 0 Å². The van der Waals surface area contributed by atoms with Gasteiger partial charge in [-0.1, -0.05) is 34.4 Å². The highest BCUT2D eigenvalue weighted by Crippen LogP contribution is 2.36.